The van der Waals surface area contributed by atoms with E-state index in [4.69, 9.17) is 4.74 Å². The molecule has 6 nitrogen and oxygen atoms in total. The summed E-state index contributed by atoms with van der Waals surface area (Å²) in [6.07, 6.45) is 0. The fourth-order valence-electron chi connectivity index (χ4n) is 2.11. The predicted octanol–water partition coefficient (Wildman–Crippen LogP) is 3.30. The first-order valence-electron chi connectivity index (χ1n) is 7.22. The molecule has 0 radical (unpaired) electrons. The first-order valence-corrected chi connectivity index (χ1v) is 7.22. The molecule has 23 heavy (non-hydrogen) atoms. The summed E-state index contributed by atoms with van der Waals surface area (Å²) in [6.45, 7) is 2.55. The minimum absolute atomic E-state index is 0.190. The van der Waals surface area contributed by atoms with Crippen molar-refractivity contribution < 1.29 is 4.74 Å². The number of aromatic amines is 1. The number of nitrogens with one attached hydrogen (secondary N) is 2. The summed E-state index contributed by atoms with van der Waals surface area (Å²) in [5.74, 6) is 1.23. The predicted molar refractivity (Wildman–Crippen MR) is 89.5 cm³/mol. The van der Waals surface area contributed by atoms with Crippen LogP contribution in [-0.2, 0) is 0 Å². The zero-order valence-electron chi connectivity index (χ0n) is 12.6. The van der Waals surface area contributed by atoms with Crippen LogP contribution < -0.4 is 10.2 Å². The van der Waals surface area contributed by atoms with Gasteiger partial charge in [-0.1, -0.05) is 12.1 Å². The lowest BCUT2D eigenvalue weighted by Gasteiger charge is -2.04. The van der Waals surface area contributed by atoms with E-state index in [1.165, 1.54) is 0 Å². The molecule has 0 aliphatic heterocycles. The molecule has 114 valence electrons. The summed E-state index contributed by atoms with van der Waals surface area (Å²) in [5.41, 5.74) is 5.47. The number of H-pyrrole nitrogens is 1. The molecule has 0 saturated carbocycles. The Morgan fingerprint density at radius 2 is 2.04 bits per heavy atom. The SMILES string of the molecule is CCOc1ccc(NN=C(C#N)c2nc3ccccc3[nH]2)cc1. The van der Waals surface area contributed by atoms with E-state index in [-0.39, 0.29) is 5.71 Å². The topological polar surface area (TPSA) is 86.1 Å². The standard InChI is InChI=1S/C17H15N5O/c1-2-23-13-9-7-12(8-10-13)21-22-16(11-18)17-19-14-5-3-4-6-15(14)20-17/h3-10,21H,2H2,1H3,(H,19,20). The van der Waals surface area contributed by atoms with Crippen LogP contribution >= 0.6 is 0 Å². The molecule has 0 atom stereocenters. The van der Waals surface area contributed by atoms with E-state index in [1.807, 2.05) is 55.5 Å². The lowest BCUT2D eigenvalue weighted by molar-refractivity contribution is 0.340. The Labute approximate surface area is 133 Å². The number of hydrogen-bond acceptors (Lipinski definition) is 5. The van der Waals surface area contributed by atoms with Crippen LogP contribution in [0.1, 0.15) is 12.7 Å². The summed E-state index contributed by atoms with van der Waals surface area (Å²) in [4.78, 5) is 7.45. The Balaban J connectivity index is 1.80. The Bertz CT molecular complexity index is 841. The van der Waals surface area contributed by atoms with Gasteiger partial charge in [0.15, 0.2) is 5.82 Å². The molecule has 2 N–H and O–H groups in total. The van der Waals surface area contributed by atoms with Crippen LogP contribution in [0.15, 0.2) is 53.6 Å². The van der Waals surface area contributed by atoms with Gasteiger partial charge < -0.3 is 9.72 Å². The third kappa shape index (κ3) is 3.30. The number of hydrazone groups is 1. The fraction of sp³-hybridized carbons (Fsp3) is 0.118. The lowest BCUT2D eigenvalue weighted by atomic mass is 10.3. The van der Waals surface area contributed by atoms with Crippen molar-refractivity contribution in [2.24, 2.45) is 5.10 Å². The second kappa shape index (κ2) is 6.62. The van der Waals surface area contributed by atoms with E-state index in [0.717, 1.165) is 22.5 Å². The van der Waals surface area contributed by atoms with Crippen molar-refractivity contribution in [1.82, 2.24) is 9.97 Å². The second-order valence-corrected chi connectivity index (χ2v) is 4.74. The van der Waals surface area contributed by atoms with Gasteiger partial charge in [0, 0.05) is 0 Å². The van der Waals surface area contributed by atoms with E-state index >= 15 is 0 Å². The van der Waals surface area contributed by atoms with Gasteiger partial charge in [-0.15, -0.1) is 0 Å². The van der Waals surface area contributed by atoms with Gasteiger partial charge in [-0.05, 0) is 43.3 Å². The average molecular weight is 305 g/mol. The molecular formula is C17H15N5O. The molecule has 1 aromatic heterocycles. The maximum absolute atomic E-state index is 9.30. The molecule has 0 fully saturated rings. The molecular weight excluding hydrogens is 290 g/mol. The monoisotopic (exact) mass is 305 g/mol. The van der Waals surface area contributed by atoms with Crippen molar-refractivity contribution in [2.75, 3.05) is 12.0 Å². The van der Waals surface area contributed by atoms with Gasteiger partial charge in [0.1, 0.15) is 11.8 Å². The van der Waals surface area contributed by atoms with Gasteiger partial charge in [-0.3, -0.25) is 5.43 Å². The number of imidazole rings is 1. The van der Waals surface area contributed by atoms with Crippen molar-refractivity contribution in [3.05, 3.63) is 54.4 Å². The maximum atomic E-state index is 9.30. The van der Waals surface area contributed by atoms with Gasteiger partial charge in [0.05, 0.1) is 23.3 Å². The van der Waals surface area contributed by atoms with Crippen LogP contribution in [0.3, 0.4) is 0 Å². The number of ether oxygens (including phenoxy) is 1. The van der Waals surface area contributed by atoms with Crippen molar-refractivity contribution in [3.8, 4) is 11.8 Å². The van der Waals surface area contributed by atoms with Crippen LogP contribution in [0.2, 0.25) is 0 Å². The highest BCUT2D eigenvalue weighted by atomic mass is 16.5. The molecule has 0 bridgehead atoms. The van der Waals surface area contributed by atoms with Crippen molar-refractivity contribution in [3.63, 3.8) is 0 Å². The molecule has 3 rings (SSSR count). The van der Waals surface area contributed by atoms with Crippen molar-refractivity contribution >= 4 is 22.4 Å². The summed E-state index contributed by atoms with van der Waals surface area (Å²) in [5, 5.41) is 13.4. The molecule has 0 spiro atoms. The van der Waals surface area contributed by atoms with Gasteiger partial charge in [0.2, 0.25) is 5.71 Å². The van der Waals surface area contributed by atoms with Crippen LogP contribution in [0.25, 0.3) is 11.0 Å². The number of rotatable bonds is 5. The average Bonchev–Trinajstić information content (AvgIpc) is 3.01. The highest BCUT2D eigenvalue weighted by molar-refractivity contribution is 6.10. The molecule has 0 saturated heterocycles. The highest BCUT2D eigenvalue weighted by Gasteiger charge is 2.08. The Morgan fingerprint density at radius 1 is 1.26 bits per heavy atom. The van der Waals surface area contributed by atoms with Crippen LogP contribution in [0, 0.1) is 11.3 Å². The molecule has 6 heteroatoms. The molecule has 0 amide bonds. The third-order valence-corrected chi connectivity index (χ3v) is 3.18. The Morgan fingerprint density at radius 3 is 2.74 bits per heavy atom. The third-order valence-electron chi connectivity index (χ3n) is 3.18. The number of benzene rings is 2. The minimum atomic E-state index is 0.190. The van der Waals surface area contributed by atoms with Crippen LogP contribution in [0.4, 0.5) is 5.69 Å². The quantitative estimate of drug-likeness (QED) is 0.559. The van der Waals surface area contributed by atoms with Gasteiger partial charge in [-0.2, -0.15) is 10.4 Å². The maximum Gasteiger partial charge on any atom is 0.203 e. The zero-order valence-corrected chi connectivity index (χ0v) is 12.6. The van der Waals surface area contributed by atoms with Gasteiger partial charge >= 0.3 is 0 Å². The molecule has 0 aliphatic carbocycles. The largest absolute Gasteiger partial charge is 0.494 e. The van der Waals surface area contributed by atoms with Gasteiger partial charge in [0.25, 0.3) is 0 Å². The molecule has 0 aliphatic rings. The lowest BCUT2D eigenvalue weighted by Crippen LogP contribution is -2.04. The Hall–Kier alpha value is -3.33. The van der Waals surface area contributed by atoms with E-state index in [1.54, 1.807) is 0 Å². The second-order valence-electron chi connectivity index (χ2n) is 4.74. The summed E-state index contributed by atoms with van der Waals surface area (Å²) in [7, 11) is 0. The molecule has 0 unspecified atom stereocenters. The molecule has 1 heterocycles. The van der Waals surface area contributed by atoms with Crippen molar-refractivity contribution in [2.45, 2.75) is 6.92 Å². The van der Waals surface area contributed by atoms with Crippen LogP contribution in [-0.4, -0.2) is 22.3 Å². The Kier molecular flexibility index (Phi) is 4.20. The number of para-hydroxylation sites is 2. The van der Waals surface area contributed by atoms with Crippen LogP contribution in [0.5, 0.6) is 5.75 Å². The summed E-state index contributed by atoms with van der Waals surface area (Å²) in [6, 6.07) is 17.0. The number of nitrogens with zero attached hydrogens (tertiary/aromatic N) is 3. The number of hydrogen-bond donors (Lipinski definition) is 2. The number of fused-ring (bicyclic) bond motifs is 1. The van der Waals surface area contributed by atoms with Crippen molar-refractivity contribution in [1.29, 1.82) is 5.26 Å². The van der Waals surface area contributed by atoms with E-state index < -0.39 is 0 Å². The summed E-state index contributed by atoms with van der Waals surface area (Å²) < 4.78 is 5.38. The van der Waals surface area contributed by atoms with Gasteiger partial charge in [-0.25, -0.2) is 4.98 Å². The number of anilines is 1. The molecule has 3 aromatic rings. The van der Waals surface area contributed by atoms with E-state index in [0.29, 0.717) is 12.4 Å². The minimum Gasteiger partial charge on any atom is -0.494 e. The fourth-order valence-corrected chi connectivity index (χ4v) is 2.11. The van der Waals surface area contributed by atoms with E-state index in [9.17, 15) is 5.26 Å². The number of nitriles is 1. The molecule has 2 aromatic carbocycles. The zero-order chi connectivity index (χ0) is 16.1. The summed E-state index contributed by atoms with van der Waals surface area (Å²) >= 11 is 0. The van der Waals surface area contributed by atoms with E-state index in [2.05, 4.69) is 26.6 Å². The first kappa shape index (κ1) is 14.6. The smallest absolute Gasteiger partial charge is 0.203 e. The highest BCUT2D eigenvalue weighted by Crippen LogP contribution is 2.16. The normalized spacial score (nSPS) is 11.2. The number of aromatic nitrogens is 2. The first-order chi connectivity index (χ1) is 11.3.